The number of primary amides is 1. The van der Waals surface area contributed by atoms with Crippen molar-refractivity contribution in [2.75, 3.05) is 19.6 Å². The van der Waals surface area contributed by atoms with Crippen molar-refractivity contribution in [2.24, 2.45) is 17.6 Å². The molecule has 3 rings (SSSR count). The first-order chi connectivity index (χ1) is 12.9. The molecular weight excluding hydrogens is 390 g/mol. The first-order valence-electron chi connectivity index (χ1n) is 9.75. The largest absolute Gasteiger partial charge is 0.487 e. The van der Waals surface area contributed by atoms with Crippen LogP contribution in [0.1, 0.15) is 44.9 Å². The van der Waals surface area contributed by atoms with Gasteiger partial charge in [0.25, 0.3) is 0 Å². The fourth-order valence-electron chi connectivity index (χ4n) is 4.16. The third-order valence-corrected chi connectivity index (χ3v) is 6.45. The Hall–Kier alpha value is -1.04. The first kappa shape index (κ1) is 20.7. The maximum absolute atomic E-state index is 13.3. The molecule has 0 unspecified atom stereocenters. The molecule has 1 saturated carbocycles. The summed E-state index contributed by atoms with van der Waals surface area (Å²) in [6, 6.07) is 2.45. The lowest BCUT2D eigenvalue weighted by Crippen LogP contribution is -2.39. The van der Waals surface area contributed by atoms with E-state index < -0.39 is 5.82 Å². The van der Waals surface area contributed by atoms with Crippen LogP contribution in [0.3, 0.4) is 0 Å². The van der Waals surface area contributed by atoms with E-state index in [1.165, 1.54) is 18.6 Å². The highest BCUT2D eigenvalue weighted by Gasteiger charge is 2.26. The van der Waals surface area contributed by atoms with Crippen molar-refractivity contribution in [3.8, 4) is 5.75 Å². The number of likely N-dealkylation sites (tertiary alicyclic amines) is 1. The predicted molar refractivity (Wildman–Crippen MR) is 106 cm³/mol. The fraction of sp³-hybridized carbons (Fsp3) is 0.650. The molecule has 7 heteroatoms. The van der Waals surface area contributed by atoms with Crippen molar-refractivity contribution in [1.82, 2.24) is 4.90 Å². The van der Waals surface area contributed by atoms with Crippen LogP contribution in [-0.2, 0) is 4.79 Å². The molecule has 0 bridgehead atoms. The summed E-state index contributed by atoms with van der Waals surface area (Å²) in [6.07, 6.45) is 7.12. The Morgan fingerprint density at radius 3 is 2.26 bits per heavy atom. The number of benzene rings is 1. The highest BCUT2D eigenvalue weighted by atomic mass is 35.5. The summed E-state index contributed by atoms with van der Waals surface area (Å²) < 4.78 is 19.2. The normalized spacial score (nSPS) is 24.7. The maximum atomic E-state index is 13.3. The number of piperidine rings is 1. The Labute approximate surface area is 170 Å². The molecule has 1 saturated heterocycles. The second kappa shape index (κ2) is 9.44. The average molecular weight is 417 g/mol. The Morgan fingerprint density at radius 2 is 1.70 bits per heavy atom. The number of halogens is 3. The van der Waals surface area contributed by atoms with Gasteiger partial charge in [0, 0.05) is 19.0 Å². The lowest BCUT2D eigenvalue weighted by atomic mass is 9.80. The number of nitrogens with zero attached hydrogens (tertiary/aromatic N) is 1. The van der Waals surface area contributed by atoms with E-state index in [9.17, 15) is 9.18 Å². The van der Waals surface area contributed by atoms with Gasteiger partial charge < -0.3 is 15.4 Å². The van der Waals surface area contributed by atoms with E-state index in [0.717, 1.165) is 58.2 Å². The molecule has 27 heavy (non-hydrogen) atoms. The van der Waals surface area contributed by atoms with Crippen molar-refractivity contribution < 1.29 is 13.9 Å². The SMILES string of the molecule is NC(=O)[C@H]1CC[C@H](CCN2CCC(Oc3c(Cl)cc(F)cc3Cl)CC2)CC1. The van der Waals surface area contributed by atoms with Gasteiger partial charge in [0.05, 0.1) is 10.0 Å². The maximum Gasteiger partial charge on any atom is 0.220 e. The predicted octanol–water partition coefficient (Wildman–Crippen LogP) is 4.66. The molecule has 1 aliphatic heterocycles. The molecule has 1 aromatic rings. The van der Waals surface area contributed by atoms with Gasteiger partial charge >= 0.3 is 0 Å². The molecule has 150 valence electrons. The number of rotatable bonds is 6. The Kier molecular flexibility index (Phi) is 7.23. The van der Waals surface area contributed by atoms with Crippen molar-refractivity contribution >= 4 is 29.1 Å². The van der Waals surface area contributed by atoms with Gasteiger partial charge in [-0.3, -0.25) is 4.79 Å². The molecule has 0 atom stereocenters. The molecule has 1 aliphatic carbocycles. The van der Waals surface area contributed by atoms with Gasteiger partial charge in [0.1, 0.15) is 11.9 Å². The lowest BCUT2D eigenvalue weighted by molar-refractivity contribution is -0.123. The smallest absolute Gasteiger partial charge is 0.220 e. The van der Waals surface area contributed by atoms with Crippen LogP contribution in [0.4, 0.5) is 4.39 Å². The monoisotopic (exact) mass is 416 g/mol. The molecule has 1 aromatic carbocycles. The molecule has 0 aromatic heterocycles. The van der Waals surface area contributed by atoms with E-state index in [1.54, 1.807) is 0 Å². The van der Waals surface area contributed by atoms with E-state index in [2.05, 4.69) is 4.90 Å². The highest BCUT2D eigenvalue weighted by molar-refractivity contribution is 6.37. The first-order valence-corrected chi connectivity index (χ1v) is 10.5. The van der Waals surface area contributed by atoms with Crippen LogP contribution < -0.4 is 10.5 Å². The van der Waals surface area contributed by atoms with Gasteiger partial charge in [0.2, 0.25) is 5.91 Å². The molecule has 0 spiro atoms. The number of ether oxygens (including phenoxy) is 1. The van der Waals surface area contributed by atoms with Gasteiger partial charge in [-0.05, 0) is 69.5 Å². The van der Waals surface area contributed by atoms with Crippen molar-refractivity contribution in [1.29, 1.82) is 0 Å². The highest BCUT2D eigenvalue weighted by Crippen LogP contribution is 2.36. The Bertz CT molecular complexity index is 634. The van der Waals surface area contributed by atoms with E-state index in [4.69, 9.17) is 33.7 Å². The van der Waals surface area contributed by atoms with Gasteiger partial charge in [-0.25, -0.2) is 4.39 Å². The summed E-state index contributed by atoms with van der Waals surface area (Å²) in [5.41, 5.74) is 5.40. The molecule has 2 N–H and O–H groups in total. The topological polar surface area (TPSA) is 55.6 Å². The van der Waals surface area contributed by atoms with Gasteiger partial charge in [0.15, 0.2) is 5.75 Å². The van der Waals surface area contributed by atoms with E-state index >= 15 is 0 Å². The molecule has 4 nitrogen and oxygen atoms in total. The van der Waals surface area contributed by atoms with Gasteiger partial charge in [-0.2, -0.15) is 0 Å². The minimum absolute atomic E-state index is 0.0488. The zero-order valence-corrected chi connectivity index (χ0v) is 16.9. The molecule has 2 fully saturated rings. The van der Waals surface area contributed by atoms with E-state index in [-0.39, 0.29) is 28.0 Å². The lowest BCUT2D eigenvalue weighted by Gasteiger charge is -2.34. The summed E-state index contributed by atoms with van der Waals surface area (Å²) in [7, 11) is 0. The quantitative estimate of drug-likeness (QED) is 0.733. The van der Waals surface area contributed by atoms with Gasteiger partial charge in [-0.15, -0.1) is 0 Å². The number of nitrogens with two attached hydrogens (primary N) is 1. The standard InChI is InChI=1S/C20H27Cl2FN2O2/c21-17-11-15(23)12-18(22)19(17)27-16-6-9-25(10-7-16)8-5-13-1-3-14(4-2-13)20(24)26/h11-14,16H,1-10H2,(H2,24,26)/t13-,14-. The molecular formula is C20H27Cl2FN2O2. The Balaban J connectivity index is 1.39. The minimum Gasteiger partial charge on any atom is -0.487 e. The second-order valence-electron chi connectivity index (χ2n) is 7.77. The van der Waals surface area contributed by atoms with Crippen LogP contribution in [0.2, 0.25) is 10.0 Å². The number of carbonyl (C=O) groups excluding carboxylic acids is 1. The third kappa shape index (κ3) is 5.72. The van der Waals surface area contributed by atoms with Crippen LogP contribution in [0.25, 0.3) is 0 Å². The summed E-state index contributed by atoms with van der Waals surface area (Å²) >= 11 is 12.1. The van der Waals surface area contributed by atoms with Crippen LogP contribution in [-0.4, -0.2) is 36.5 Å². The minimum atomic E-state index is -0.461. The number of carbonyl (C=O) groups is 1. The van der Waals surface area contributed by atoms with E-state index in [0.29, 0.717) is 11.7 Å². The molecule has 1 heterocycles. The summed E-state index contributed by atoms with van der Waals surface area (Å²) in [6.45, 7) is 3.02. The molecule has 0 radical (unpaired) electrons. The summed E-state index contributed by atoms with van der Waals surface area (Å²) in [4.78, 5) is 13.7. The zero-order chi connectivity index (χ0) is 19.4. The van der Waals surface area contributed by atoms with Crippen molar-refractivity contribution in [3.63, 3.8) is 0 Å². The van der Waals surface area contributed by atoms with E-state index in [1.807, 2.05) is 0 Å². The Morgan fingerprint density at radius 1 is 1.11 bits per heavy atom. The average Bonchev–Trinajstić information content (AvgIpc) is 2.64. The number of hydrogen-bond acceptors (Lipinski definition) is 3. The van der Waals surface area contributed by atoms with Crippen LogP contribution in [0.5, 0.6) is 5.75 Å². The zero-order valence-electron chi connectivity index (χ0n) is 15.4. The van der Waals surface area contributed by atoms with Crippen molar-refractivity contribution in [2.45, 2.75) is 51.0 Å². The van der Waals surface area contributed by atoms with Crippen LogP contribution in [0, 0.1) is 17.7 Å². The van der Waals surface area contributed by atoms with Crippen LogP contribution in [0.15, 0.2) is 12.1 Å². The van der Waals surface area contributed by atoms with Crippen LogP contribution >= 0.6 is 23.2 Å². The second-order valence-corrected chi connectivity index (χ2v) is 8.58. The number of hydrogen-bond donors (Lipinski definition) is 1. The fourth-order valence-corrected chi connectivity index (χ4v) is 4.71. The summed E-state index contributed by atoms with van der Waals surface area (Å²) in [5, 5.41) is 0.433. The van der Waals surface area contributed by atoms with Crippen molar-refractivity contribution in [3.05, 3.63) is 28.0 Å². The summed E-state index contributed by atoms with van der Waals surface area (Å²) in [5.74, 6) is 0.559. The van der Waals surface area contributed by atoms with Gasteiger partial charge in [-0.1, -0.05) is 23.2 Å². The number of amides is 1. The third-order valence-electron chi connectivity index (χ3n) is 5.88. The molecule has 2 aliphatic rings. The molecule has 1 amide bonds.